The number of amides is 1. The Balaban J connectivity index is 2.65. The molecule has 4 nitrogen and oxygen atoms in total. The minimum absolute atomic E-state index is 0.0406. The van der Waals surface area contributed by atoms with Crippen molar-refractivity contribution in [3.8, 4) is 0 Å². The van der Waals surface area contributed by atoms with Crippen LogP contribution in [-0.4, -0.2) is 47.7 Å². The third-order valence-corrected chi connectivity index (χ3v) is 2.28. The van der Waals surface area contributed by atoms with Gasteiger partial charge in [-0.2, -0.15) is 0 Å². The van der Waals surface area contributed by atoms with Gasteiger partial charge in [-0.3, -0.25) is 4.79 Å². The van der Waals surface area contributed by atoms with Crippen LogP contribution in [0, 0.1) is 0 Å². The lowest BCUT2D eigenvalue weighted by Gasteiger charge is -2.37. The van der Waals surface area contributed by atoms with Crippen molar-refractivity contribution in [1.82, 2.24) is 10.2 Å². The monoisotopic (exact) mass is 184 g/mol. The molecule has 0 saturated carbocycles. The van der Waals surface area contributed by atoms with Crippen LogP contribution in [-0.2, 0) is 4.79 Å². The Morgan fingerprint density at radius 2 is 2.54 bits per heavy atom. The maximum atomic E-state index is 11.6. The number of carbonyl (C=O) groups excluding carboxylic acids is 1. The van der Waals surface area contributed by atoms with Crippen molar-refractivity contribution in [3.63, 3.8) is 0 Å². The number of aliphatic hydroxyl groups is 1. The highest BCUT2D eigenvalue weighted by Crippen LogP contribution is 2.07. The van der Waals surface area contributed by atoms with E-state index in [1.807, 2.05) is 6.92 Å². The molecule has 1 fully saturated rings. The van der Waals surface area contributed by atoms with Crippen molar-refractivity contribution >= 4 is 5.91 Å². The third-order valence-electron chi connectivity index (χ3n) is 2.28. The Morgan fingerprint density at radius 1 is 1.85 bits per heavy atom. The van der Waals surface area contributed by atoms with Gasteiger partial charge in [0.05, 0.1) is 6.61 Å². The van der Waals surface area contributed by atoms with Gasteiger partial charge in [0, 0.05) is 19.1 Å². The van der Waals surface area contributed by atoms with Crippen LogP contribution in [0.2, 0.25) is 0 Å². The highest BCUT2D eigenvalue weighted by Gasteiger charge is 2.31. The summed E-state index contributed by atoms with van der Waals surface area (Å²) in [4.78, 5) is 13.3. The van der Waals surface area contributed by atoms with Gasteiger partial charge in [-0.05, 0) is 6.92 Å². The molecular weight excluding hydrogens is 168 g/mol. The summed E-state index contributed by atoms with van der Waals surface area (Å²) < 4.78 is 0. The van der Waals surface area contributed by atoms with Gasteiger partial charge >= 0.3 is 0 Å². The van der Waals surface area contributed by atoms with Crippen LogP contribution in [0.4, 0.5) is 0 Å². The number of carbonyl (C=O) groups is 1. The predicted molar refractivity (Wildman–Crippen MR) is 50.2 cm³/mol. The molecule has 2 N–H and O–H groups in total. The number of nitrogens with one attached hydrogen (secondary N) is 1. The van der Waals surface area contributed by atoms with E-state index in [4.69, 9.17) is 5.11 Å². The second-order valence-corrected chi connectivity index (χ2v) is 3.27. The first-order valence-corrected chi connectivity index (χ1v) is 4.46. The van der Waals surface area contributed by atoms with Crippen molar-refractivity contribution in [2.45, 2.75) is 19.0 Å². The van der Waals surface area contributed by atoms with Gasteiger partial charge in [-0.15, -0.1) is 6.58 Å². The maximum absolute atomic E-state index is 11.6. The zero-order valence-corrected chi connectivity index (χ0v) is 7.86. The molecule has 0 aliphatic carbocycles. The molecule has 1 aliphatic heterocycles. The van der Waals surface area contributed by atoms with Crippen molar-refractivity contribution in [1.29, 1.82) is 0 Å². The summed E-state index contributed by atoms with van der Waals surface area (Å²) in [6.45, 7) is 6.71. The topological polar surface area (TPSA) is 52.6 Å². The zero-order valence-electron chi connectivity index (χ0n) is 7.86. The first-order valence-electron chi connectivity index (χ1n) is 4.46. The molecular formula is C9H16N2O2. The van der Waals surface area contributed by atoms with Crippen LogP contribution in [0.25, 0.3) is 0 Å². The van der Waals surface area contributed by atoms with E-state index in [0.29, 0.717) is 6.54 Å². The zero-order chi connectivity index (χ0) is 9.84. The second kappa shape index (κ2) is 4.39. The molecule has 2 unspecified atom stereocenters. The van der Waals surface area contributed by atoms with Crippen molar-refractivity contribution in [2.75, 3.05) is 19.7 Å². The molecule has 0 bridgehead atoms. The molecule has 0 aromatic carbocycles. The van der Waals surface area contributed by atoms with Crippen molar-refractivity contribution in [3.05, 3.63) is 12.7 Å². The Kier molecular flexibility index (Phi) is 3.45. The Labute approximate surface area is 78.2 Å². The molecule has 1 aliphatic rings. The van der Waals surface area contributed by atoms with E-state index in [1.54, 1.807) is 11.0 Å². The van der Waals surface area contributed by atoms with E-state index in [9.17, 15) is 4.79 Å². The Morgan fingerprint density at radius 3 is 3.08 bits per heavy atom. The van der Waals surface area contributed by atoms with Gasteiger partial charge in [0.15, 0.2) is 0 Å². The summed E-state index contributed by atoms with van der Waals surface area (Å²) in [5.41, 5.74) is 0. The summed E-state index contributed by atoms with van der Waals surface area (Å²) in [6.07, 6.45) is 1.70. The van der Waals surface area contributed by atoms with E-state index in [2.05, 4.69) is 11.9 Å². The van der Waals surface area contributed by atoms with Crippen molar-refractivity contribution < 1.29 is 9.90 Å². The normalized spacial score (nSPS) is 29.1. The third kappa shape index (κ3) is 2.08. The molecule has 0 aromatic rings. The van der Waals surface area contributed by atoms with Gasteiger partial charge in [-0.25, -0.2) is 0 Å². The fourth-order valence-corrected chi connectivity index (χ4v) is 1.48. The lowest BCUT2D eigenvalue weighted by atomic mass is 10.1. The smallest absolute Gasteiger partial charge is 0.242 e. The molecule has 0 radical (unpaired) electrons. The first kappa shape index (κ1) is 10.2. The lowest BCUT2D eigenvalue weighted by Crippen LogP contribution is -2.60. The SMILES string of the molecule is C=CCN1C(=O)C(CO)NCC1C. The van der Waals surface area contributed by atoms with Gasteiger partial charge < -0.3 is 15.3 Å². The molecule has 0 aromatic heterocycles. The number of piperazine rings is 1. The van der Waals surface area contributed by atoms with E-state index in [-0.39, 0.29) is 18.6 Å². The molecule has 13 heavy (non-hydrogen) atoms. The van der Waals surface area contributed by atoms with Crippen LogP contribution in [0.15, 0.2) is 12.7 Å². The average Bonchev–Trinajstić information content (AvgIpc) is 2.12. The van der Waals surface area contributed by atoms with Gasteiger partial charge in [0.2, 0.25) is 5.91 Å². The Hall–Kier alpha value is -0.870. The molecule has 1 saturated heterocycles. The number of nitrogens with zero attached hydrogens (tertiary/aromatic N) is 1. The average molecular weight is 184 g/mol. The van der Waals surface area contributed by atoms with Gasteiger partial charge in [-0.1, -0.05) is 6.08 Å². The molecule has 4 heteroatoms. The number of rotatable bonds is 3. The highest BCUT2D eigenvalue weighted by molar-refractivity contribution is 5.83. The molecule has 0 spiro atoms. The first-order chi connectivity index (χ1) is 6.20. The minimum Gasteiger partial charge on any atom is -0.394 e. The van der Waals surface area contributed by atoms with Crippen LogP contribution < -0.4 is 5.32 Å². The van der Waals surface area contributed by atoms with Gasteiger partial charge in [0.1, 0.15) is 6.04 Å². The molecule has 74 valence electrons. The van der Waals surface area contributed by atoms with Crippen LogP contribution in [0.5, 0.6) is 0 Å². The predicted octanol–water partition coefficient (Wildman–Crippen LogP) is -0.646. The maximum Gasteiger partial charge on any atom is 0.242 e. The number of hydrogen-bond donors (Lipinski definition) is 2. The molecule has 1 heterocycles. The van der Waals surface area contributed by atoms with Gasteiger partial charge in [0.25, 0.3) is 0 Å². The van der Waals surface area contributed by atoms with Crippen LogP contribution in [0.3, 0.4) is 0 Å². The number of aliphatic hydroxyl groups excluding tert-OH is 1. The molecule has 1 rings (SSSR count). The fourth-order valence-electron chi connectivity index (χ4n) is 1.48. The van der Waals surface area contributed by atoms with E-state index in [0.717, 1.165) is 6.54 Å². The van der Waals surface area contributed by atoms with E-state index >= 15 is 0 Å². The van der Waals surface area contributed by atoms with E-state index in [1.165, 1.54) is 0 Å². The summed E-state index contributed by atoms with van der Waals surface area (Å²) in [5.74, 6) is -0.0406. The minimum atomic E-state index is -0.434. The van der Waals surface area contributed by atoms with Crippen molar-refractivity contribution in [2.24, 2.45) is 0 Å². The number of hydrogen-bond acceptors (Lipinski definition) is 3. The summed E-state index contributed by atoms with van der Waals surface area (Å²) >= 11 is 0. The highest BCUT2D eigenvalue weighted by atomic mass is 16.3. The second-order valence-electron chi connectivity index (χ2n) is 3.27. The summed E-state index contributed by atoms with van der Waals surface area (Å²) in [6, 6.07) is -0.260. The molecule has 2 atom stereocenters. The largest absolute Gasteiger partial charge is 0.394 e. The fraction of sp³-hybridized carbons (Fsp3) is 0.667. The quantitative estimate of drug-likeness (QED) is 0.573. The Bertz CT molecular complexity index is 206. The standard InChI is InChI=1S/C9H16N2O2/c1-3-4-11-7(2)5-10-8(6-12)9(11)13/h3,7-8,10,12H,1,4-6H2,2H3. The summed E-state index contributed by atoms with van der Waals surface area (Å²) in [5, 5.41) is 11.9. The summed E-state index contributed by atoms with van der Waals surface area (Å²) in [7, 11) is 0. The van der Waals surface area contributed by atoms with Crippen LogP contribution >= 0.6 is 0 Å². The van der Waals surface area contributed by atoms with E-state index < -0.39 is 6.04 Å². The lowest BCUT2D eigenvalue weighted by molar-refractivity contribution is -0.138. The molecule has 1 amide bonds. The van der Waals surface area contributed by atoms with Crippen LogP contribution in [0.1, 0.15) is 6.92 Å².